The van der Waals surface area contributed by atoms with Gasteiger partial charge in [-0.05, 0) is 25.5 Å². The number of ether oxygens (including phenoxy) is 2. The van der Waals surface area contributed by atoms with E-state index >= 15 is 0 Å². The zero-order valence-electron chi connectivity index (χ0n) is 9.75. The highest BCUT2D eigenvalue weighted by Gasteiger charge is 2.08. The van der Waals surface area contributed by atoms with Crippen LogP contribution in [0.25, 0.3) is 0 Å². The zero-order chi connectivity index (χ0) is 12.0. The average molecular weight is 222 g/mol. The van der Waals surface area contributed by atoms with E-state index in [-0.39, 0.29) is 5.84 Å². The Hall–Kier alpha value is -1.55. The summed E-state index contributed by atoms with van der Waals surface area (Å²) in [6.45, 7) is 5.56. The number of benzene rings is 1. The predicted octanol–water partition coefficient (Wildman–Crippen LogP) is 1.69. The summed E-state index contributed by atoms with van der Waals surface area (Å²) in [5.74, 6) is 0.699. The van der Waals surface area contributed by atoms with E-state index in [2.05, 4.69) is 0 Å². The Morgan fingerprint density at radius 2 is 2.12 bits per heavy atom. The molecule has 0 amide bonds. The fourth-order valence-electron chi connectivity index (χ4n) is 1.40. The maximum absolute atomic E-state index is 7.46. The largest absolute Gasteiger partial charge is 0.490 e. The Labute approximate surface area is 95.9 Å². The molecule has 1 aromatic carbocycles. The number of rotatable bonds is 6. The second-order valence-electron chi connectivity index (χ2n) is 3.41. The highest BCUT2D eigenvalue weighted by atomic mass is 16.5. The van der Waals surface area contributed by atoms with E-state index in [0.29, 0.717) is 31.1 Å². The van der Waals surface area contributed by atoms with Gasteiger partial charge in [-0.1, -0.05) is 12.1 Å². The van der Waals surface area contributed by atoms with Crippen LogP contribution in [0.1, 0.15) is 18.1 Å². The van der Waals surface area contributed by atoms with Crippen molar-refractivity contribution < 1.29 is 9.47 Å². The molecule has 0 fully saturated rings. The van der Waals surface area contributed by atoms with Gasteiger partial charge in [-0.15, -0.1) is 0 Å². The smallest absolute Gasteiger partial charge is 0.133 e. The molecule has 0 radical (unpaired) electrons. The lowest BCUT2D eigenvalue weighted by atomic mass is 10.1. The van der Waals surface area contributed by atoms with Gasteiger partial charge in [0.05, 0.1) is 12.2 Å². The van der Waals surface area contributed by atoms with Crippen molar-refractivity contribution in [1.29, 1.82) is 5.41 Å². The monoisotopic (exact) mass is 222 g/mol. The molecule has 1 rings (SSSR count). The molecule has 0 atom stereocenters. The maximum atomic E-state index is 7.46. The first kappa shape index (κ1) is 12.5. The van der Waals surface area contributed by atoms with Crippen molar-refractivity contribution >= 4 is 5.84 Å². The Kier molecular flexibility index (Phi) is 4.79. The van der Waals surface area contributed by atoms with Gasteiger partial charge in [-0.2, -0.15) is 0 Å². The Morgan fingerprint density at radius 3 is 2.75 bits per heavy atom. The highest BCUT2D eigenvalue weighted by Crippen LogP contribution is 2.22. The third kappa shape index (κ3) is 3.24. The van der Waals surface area contributed by atoms with E-state index < -0.39 is 0 Å². The van der Waals surface area contributed by atoms with Gasteiger partial charge in [0.1, 0.15) is 18.2 Å². The topological polar surface area (TPSA) is 68.3 Å². The van der Waals surface area contributed by atoms with Crippen LogP contribution in [0.4, 0.5) is 0 Å². The van der Waals surface area contributed by atoms with Crippen LogP contribution in [-0.2, 0) is 4.74 Å². The lowest BCUT2D eigenvalue weighted by Crippen LogP contribution is -2.15. The summed E-state index contributed by atoms with van der Waals surface area (Å²) < 4.78 is 10.8. The molecule has 0 aromatic heterocycles. The molecule has 0 heterocycles. The van der Waals surface area contributed by atoms with Crippen LogP contribution in [0, 0.1) is 12.3 Å². The van der Waals surface area contributed by atoms with Crippen LogP contribution in [0.2, 0.25) is 0 Å². The number of aryl methyl sites for hydroxylation is 1. The summed E-state index contributed by atoms with van der Waals surface area (Å²) in [7, 11) is 0. The third-order valence-corrected chi connectivity index (χ3v) is 2.18. The third-order valence-electron chi connectivity index (χ3n) is 2.18. The van der Waals surface area contributed by atoms with Crippen molar-refractivity contribution in [1.82, 2.24) is 0 Å². The minimum absolute atomic E-state index is 0.0232. The second-order valence-corrected chi connectivity index (χ2v) is 3.41. The fraction of sp³-hybridized carbons (Fsp3) is 0.417. The maximum Gasteiger partial charge on any atom is 0.133 e. The van der Waals surface area contributed by atoms with Gasteiger partial charge in [0.15, 0.2) is 0 Å². The molecule has 4 nitrogen and oxygen atoms in total. The number of nitrogens with two attached hydrogens (primary N) is 1. The first-order valence-electron chi connectivity index (χ1n) is 5.31. The van der Waals surface area contributed by atoms with Crippen LogP contribution in [0.3, 0.4) is 0 Å². The molecule has 1 aromatic rings. The van der Waals surface area contributed by atoms with Crippen LogP contribution < -0.4 is 10.5 Å². The van der Waals surface area contributed by atoms with E-state index in [1.54, 1.807) is 6.07 Å². The molecular formula is C12H18N2O2. The summed E-state index contributed by atoms with van der Waals surface area (Å²) in [6, 6.07) is 5.58. The Morgan fingerprint density at radius 1 is 1.38 bits per heavy atom. The van der Waals surface area contributed by atoms with Gasteiger partial charge < -0.3 is 15.2 Å². The van der Waals surface area contributed by atoms with Crippen molar-refractivity contribution in [2.24, 2.45) is 5.73 Å². The molecule has 0 saturated carbocycles. The molecule has 0 aliphatic rings. The van der Waals surface area contributed by atoms with E-state index in [4.69, 9.17) is 20.6 Å². The molecule has 3 N–H and O–H groups in total. The van der Waals surface area contributed by atoms with Gasteiger partial charge in [-0.25, -0.2) is 0 Å². The van der Waals surface area contributed by atoms with Crippen LogP contribution >= 0.6 is 0 Å². The first-order chi connectivity index (χ1) is 7.66. The number of amidine groups is 1. The van der Waals surface area contributed by atoms with Crippen molar-refractivity contribution in [3.8, 4) is 5.75 Å². The number of para-hydroxylation sites is 1. The minimum Gasteiger partial charge on any atom is -0.490 e. The van der Waals surface area contributed by atoms with E-state index in [9.17, 15) is 0 Å². The molecule has 4 heteroatoms. The van der Waals surface area contributed by atoms with Crippen LogP contribution in [-0.4, -0.2) is 25.7 Å². The van der Waals surface area contributed by atoms with Crippen LogP contribution in [0.5, 0.6) is 5.75 Å². The minimum atomic E-state index is 0.0232. The summed E-state index contributed by atoms with van der Waals surface area (Å²) in [5.41, 5.74) is 7.10. The summed E-state index contributed by atoms with van der Waals surface area (Å²) in [5, 5.41) is 7.46. The van der Waals surface area contributed by atoms with Crippen molar-refractivity contribution in [3.63, 3.8) is 0 Å². The number of nitrogens with one attached hydrogen (secondary N) is 1. The number of hydrogen-bond donors (Lipinski definition) is 2. The molecule has 0 unspecified atom stereocenters. The SMILES string of the molecule is CCOCCOc1c(C)cccc1C(=N)N. The molecule has 0 aliphatic heterocycles. The molecule has 88 valence electrons. The normalized spacial score (nSPS) is 10.1. The average Bonchev–Trinajstić information content (AvgIpc) is 2.25. The lowest BCUT2D eigenvalue weighted by Gasteiger charge is -2.13. The summed E-state index contributed by atoms with van der Waals surface area (Å²) in [6.07, 6.45) is 0. The molecule has 16 heavy (non-hydrogen) atoms. The Bertz CT molecular complexity index is 364. The number of nitrogen functional groups attached to an aromatic ring is 1. The lowest BCUT2D eigenvalue weighted by molar-refractivity contribution is 0.110. The molecule has 0 spiro atoms. The van der Waals surface area contributed by atoms with Crippen molar-refractivity contribution in [2.75, 3.05) is 19.8 Å². The van der Waals surface area contributed by atoms with Gasteiger partial charge in [-0.3, -0.25) is 5.41 Å². The van der Waals surface area contributed by atoms with E-state index in [1.807, 2.05) is 26.0 Å². The quantitative estimate of drug-likeness (QED) is 0.437. The molecule has 0 aliphatic carbocycles. The first-order valence-corrected chi connectivity index (χ1v) is 5.31. The summed E-state index contributed by atoms with van der Waals surface area (Å²) >= 11 is 0. The van der Waals surface area contributed by atoms with E-state index in [0.717, 1.165) is 5.56 Å². The highest BCUT2D eigenvalue weighted by molar-refractivity contribution is 5.98. The van der Waals surface area contributed by atoms with E-state index in [1.165, 1.54) is 0 Å². The molecule has 0 saturated heterocycles. The number of hydrogen-bond acceptors (Lipinski definition) is 3. The van der Waals surface area contributed by atoms with Gasteiger partial charge in [0.25, 0.3) is 0 Å². The molecule has 0 bridgehead atoms. The van der Waals surface area contributed by atoms with Crippen molar-refractivity contribution in [2.45, 2.75) is 13.8 Å². The van der Waals surface area contributed by atoms with Crippen molar-refractivity contribution in [3.05, 3.63) is 29.3 Å². The van der Waals surface area contributed by atoms with Gasteiger partial charge >= 0.3 is 0 Å². The van der Waals surface area contributed by atoms with Crippen LogP contribution in [0.15, 0.2) is 18.2 Å². The Balaban J connectivity index is 2.73. The summed E-state index contributed by atoms with van der Waals surface area (Å²) in [4.78, 5) is 0. The van der Waals surface area contributed by atoms with Gasteiger partial charge in [0, 0.05) is 6.61 Å². The van der Waals surface area contributed by atoms with Gasteiger partial charge in [0.2, 0.25) is 0 Å². The predicted molar refractivity (Wildman–Crippen MR) is 64.2 cm³/mol. The molecular weight excluding hydrogens is 204 g/mol. The zero-order valence-corrected chi connectivity index (χ0v) is 9.75. The second kappa shape index (κ2) is 6.12. The standard InChI is InChI=1S/C12H18N2O2/c1-3-15-7-8-16-11-9(2)5-4-6-10(11)12(13)14/h4-6H,3,7-8H2,1-2H3,(H3,13,14). The fourth-order valence-corrected chi connectivity index (χ4v) is 1.40.